The minimum Gasteiger partial charge on any atom is -0.325 e. The number of carbonyl (C=O) groups excluding carboxylic acids is 1. The van der Waals surface area contributed by atoms with Gasteiger partial charge in [-0.3, -0.25) is 9.78 Å². The zero-order valence-corrected chi connectivity index (χ0v) is 9.79. The van der Waals surface area contributed by atoms with Crippen LogP contribution in [0.3, 0.4) is 0 Å². The third-order valence-corrected chi connectivity index (χ3v) is 1.85. The van der Waals surface area contributed by atoms with Crippen LogP contribution in [0.25, 0.3) is 0 Å². The molecule has 0 aliphatic rings. The topological polar surface area (TPSA) is 42.0 Å². The lowest BCUT2D eigenvalue weighted by Crippen LogP contribution is -2.20. The lowest BCUT2D eigenvalue weighted by Gasteiger charge is -2.17. The molecule has 15 heavy (non-hydrogen) atoms. The van der Waals surface area contributed by atoms with Gasteiger partial charge in [0.05, 0.1) is 11.9 Å². The first kappa shape index (κ1) is 11.8. The summed E-state index contributed by atoms with van der Waals surface area (Å²) in [7, 11) is 1.95. The maximum atomic E-state index is 11.6. The Labute approximate surface area is 91.7 Å². The number of anilines is 1. The Morgan fingerprint density at radius 3 is 2.67 bits per heavy atom. The lowest BCUT2D eigenvalue weighted by molar-refractivity contribution is -0.117. The van der Waals surface area contributed by atoms with E-state index in [4.69, 9.17) is 0 Å². The van der Waals surface area contributed by atoms with Crippen molar-refractivity contribution in [1.29, 1.82) is 0 Å². The van der Waals surface area contributed by atoms with E-state index in [1.165, 1.54) is 0 Å². The average Bonchev–Trinajstić information content (AvgIpc) is 1.99. The van der Waals surface area contributed by atoms with Crippen molar-refractivity contribution >= 4 is 24.9 Å². The fourth-order valence-electron chi connectivity index (χ4n) is 1.31. The molecule has 0 bridgehead atoms. The monoisotopic (exact) mass is 204 g/mol. The first-order valence-corrected chi connectivity index (χ1v) is 5.08. The lowest BCUT2D eigenvalue weighted by atomic mass is 9.92. The van der Waals surface area contributed by atoms with Crippen LogP contribution in [0.5, 0.6) is 0 Å². The van der Waals surface area contributed by atoms with E-state index < -0.39 is 0 Å². The molecule has 0 saturated carbocycles. The maximum absolute atomic E-state index is 11.6. The van der Waals surface area contributed by atoms with E-state index in [0.29, 0.717) is 6.42 Å². The first-order chi connectivity index (χ1) is 6.87. The molecule has 1 amide bonds. The summed E-state index contributed by atoms with van der Waals surface area (Å²) in [6, 6.07) is 1.91. The number of hydrogen-bond acceptors (Lipinski definition) is 2. The molecular formula is C11H17BN2O. The Morgan fingerprint density at radius 2 is 2.13 bits per heavy atom. The zero-order chi connectivity index (χ0) is 11.5. The van der Waals surface area contributed by atoms with Crippen LogP contribution in [0, 0.1) is 5.41 Å². The van der Waals surface area contributed by atoms with E-state index in [1.807, 2.05) is 34.7 Å². The highest BCUT2D eigenvalue weighted by Gasteiger charge is 2.15. The van der Waals surface area contributed by atoms with Gasteiger partial charge in [0.2, 0.25) is 5.91 Å². The summed E-state index contributed by atoms with van der Waals surface area (Å²) < 4.78 is 0. The van der Waals surface area contributed by atoms with Crippen LogP contribution in [0.15, 0.2) is 18.5 Å². The second-order valence-corrected chi connectivity index (χ2v) is 5.04. The van der Waals surface area contributed by atoms with Crippen molar-refractivity contribution in [3.05, 3.63) is 18.5 Å². The number of aromatic nitrogens is 1. The summed E-state index contributed by atoms with van der Waals surface area (Å²) in [4.78, 5) is 15.6. The highest BCUT2D eigenvalue weighted by atomic mass is 16.1. The van der Waals surface area contributed by atoms with Crippen molar-refractivity contribution in [2.75, 3.05) is 5.32 Å². The van der Waals surface area contributed by atoms with E-state index in [1.54, 1.807) is 12.4 Å². The molecule has 1 aromatic rings. The van der Waals surface area contributed by atoms with Gasteiger partial charge in [-0.1, -0.05) is 26.2 Å². The van der Waals surface area contributed by atoms with Crippen LogP contribution in [0.1, 0.15) is 27.2 Å². The van der Waals surface area contributed by atoms with Gasteiger partial charge in [0.1, 0.15) is 7.85 Å². The number of pyridine rings is 1. The van der Waals surface area contributed by atoms with Crippen molar-refractivity contribution in [3.63, 3.8) is 0 Å². The van der Waals surface area contributed by atoms with E-state index in [2.05, 4.69) is 10.3 Å². The molecule has 1 aromatic heterocycles. The minimum absolute atomic E-state index is 0.0152. The smallest absolute Gasteiger partial charge is 0.224 e. The third kappa shape index (κ3) is 4.63. The van der Waals surface area contributed by atoms with Gasteiger partial charge in [-0.05, 0) is 11.5 Å². The summed E-state index contributed by atoms with van der Waals surface area (Å²) in [5.74, 6) is 0.0369. The Kier molecular flexibility index (Phi) is 3.50. The van der Waals surface area contributed by atoms with Gasteiger partial charge >= 0.3 is 0 Å². The van der Waals surface area contributed by atoms with Crippen LogP contribution in [0.4, 0.5) is 5.69 Å². The standard InChI is InChI=1S/C11H17BN2O/c1-11(2,3)5-10(15)14-9-4-8(12)6-13-7-9/h4,6-7H,5,12H2,1-3H3,(H,14,15). The van der Waals surface area contributed by atoms with Crippen molar-refractivity contribution in [1.82, 2.24) is 4.98 Å². The molecule has 80 valence electrons. The molecule has 1 heterocycles. The average molecular weight is 204 g/mol. The zero-order valence-electron chi connectivity index (χ0n) is 9.79. The van der Waals surface area contributed by atoms with Crippen molar-refractivity contribution in [3.8, 4) is 0 Å². The van der Waals surface area contributed by atoms with Crippen LogP contribution < -0.4 is 10.8 Å². The molecule has 0 saturated heterocycles. The number of rotatable bonds is 2. The fourth-order valence-corrected chi connectivity index (χ4v) is 1.31. The Balaban J connectivity index is 2.59. The van der Waals surface area contributed by atoms with Gasteiger partial charge in [0, 0.05) is 12.6 Å². The molecular weight excluding hydrogens is 187 g/mol. The Hall–Kier alpha value is -1.32. The fraction of sp³-hybridized carbons (Fsp3) is 0.455. The van der Waals surface area contributed by atoms with Crippen molar-refractivity contribution < 1.29 is 4.79 Å². The molecule has 0 aliphatic carbocycles. The van der Waals surface area contributed by atoms with Crippen LogP contribution >= 0.6 is 0 Å². The molecule has 1 rings (SSSR count). The van der Waals surface area contributed by atoms with Gasteiger partial charge in [0.25, 0.3) is 0 Å². The Morgan fingerprint density at radius 1 is 1.47 bits per heavy atom. The number of carbonyl (C=O) groups is 1. The molecule has 3 nitrogen and oxygen atoms in total. The second kappa shape index (κ2) is 4.47. The molecule has 1 N–H and O–H groups in total. The van der Waals surface area contributed by atoms with Crippen LogP contribution in [0.2, 0.25) is 0 Å². The van der Waals surface area contributed by atoms with E-state index in [0.717, 1.165) is 11.2 Å². The molecule has 0 aliphatic heterocycles. The van der Waals surface area contributed by atoms with Gasteiger partial charge in [-0.2, -0.15) is 0 Å². The first-order valence-electron chi connectivity index (χ1n) is 5.08. The SMILES string of the molecule is Bc1cncc(NC(=O)CC(C)(C)C)c1. The number of hydrogen-bond donors (Lipinski definition) is 1. The quantitative estimate of drug-likeness (QED) is 0.721. The van der Waals surface area contributed by atoms with E-state index in [9.17, 15) is 4.79 Å². The summed E-state index contributed by atoms with van der Waals surface area (Å²) >= 11 is 0. The van der Waals surface area contributed by atoms with Crippen LogP contribution in [-0.4, -0.2) is 18.7 Å². The third-order valence-electron chi connectivity index (χ3n) is 1.85. The Bertz CT molecular complexity index is 358. The molecule has 0 atom stereocenters. The minimum atomic E-state index is 0.0152. The van der Waals surface area contributed by atoms with Crippen molar-refractivity contribution in [2.24, 2.45) is 5.41 Å². The normalized spacial score (nSPS) is 11.1. The van der Waals surface area contributed by atoms with Gasteiger partial charge < -0.3 is 5.32 Å². The molecule has 0 aromatic carbocycles. The predicted molar refractivity (Wildman–Crippen MR) is 65.1 cm³/mol. The highest BCUT2D eigenvalue weighted by Crippen LogP contribution is 2.19. The summed E-state index contributed by atoms with van der Waals surface area (Å²) in [5.41, 5.74) is 1.83. The van der Waals surface area contributed by atoms with E-state index in [-0.39, 0.29) is 11.3 Å². The highest BCUT2D eigenvalue weighted by molar-refractivity contribution is 6.32. The maximum Gasteiger partial charge on any atom is 0.224 e. The van der Waals surface area contributed by atoms with Gasteiger partial charge in [-0.15, -0.1) is 0 Å². The van der Waals surface area contributed by atoms with Crippen LogP contribution in [-0.2, 0) is 4.79 Å². The van der Waals surface area contributed by atoms with Gasteiger partial charge in [0.15, 0.2) is 0 Å². The second-order valence-electron chi connectivity index (χ2n) is 5.04. The molecule has 0 fully saturated rings. The predicted octanol–water partition coefficient (Wildman–Crippen LogP) is 0.715. The summed E-state index contributed by atoms with van der Waals surface area (Å²) in [5, 5.41) is 2.84. The number of nitrogens with zero attached hydrogens (tertiary/aromatic N) is 1. The molecule has 0 unspecified atom stereocenters. The summed E-state index contributed by atoms with van der Waals surface area (Å²) in [6.07, 6.45) is 3.94. The van der Waals surface area contributed by atoms with E-state index >= 15 is 0 Å². The van der Waals surface area contributed by atoms with Gasteiger partial charge in [-0.25, -0.2) is 0 Å². The number of amides is 1. The molecule has 0 spiro atoms. The summed E-state index contributed by atoms with van der Waals surface area (Å²) in [6.45, 7) is 6.13. The molecule has 0 radical (unpaired) electrons. The largest absolute Gasteiger partial charge is 0.325 e. The molecule has 4 heteroatoms. The van der Waals surface area contributed by atoms with Crippen molar-refractivity contribution in [2.45, 2.75) is 27.2 Å². The number of nitrogens with one attached hydrogen (secondary N) is 1.